The van der Waals surface area contributed by atoms with E-state index in [2.05, 4.69) is 17.6 Å². The van der Waals surface area contributed by atoms with Gasteiger partial charge >= 0.3 is 0 Å². The van der Waals surface area contributed by atoms with E-state index in [0.717, 1.165) is 32.5 Å². The molecule has 4 nitrogen and oxygen atoms in total. The zero-order chi connectivity index (χ0) is 12.0. The van der Waals surface area contributed by atoms with E-state index in [-0.39, 0.29) is 29.8 Å². The SMILES string of the molecule is CCOC(C)C(=O)NCC1(C)CCNCC1.Cl. The van der Waals surface area contributed by atoms with Gasteiger partial charge in [-0.2, -0.15) is 0 Å². The van der Waals surface area contributed by atoms with E-state index in [9.17, 15) is 4.79 Å². The van der Waals surface area contributed by atoms with Crippen molar-refractivity contribution in [3.05, 3.63) is 0 Å². The van der Waals surface area contributed by atoms with Crippen molar-refractivity contribution in [2.75, 3.05) is 26.2 Å². The summed E-state index contributed by atoms with van der Waals surface area (Å²) < 4.78 is 5.25. The first kappa shape index (κ1) is 16.7. The zero-order valence-electron chi connectivity index (χ0n) is 11.0. The number of ether oxygens (including phenoxy) is 1. The van der Waals surface area contributed by atoms with Crippen molar-refractivity contribution in [1.29, 1.82) is 0 Å². The smallest absolute Gasteiger partial charge is 0.248 e. The molecule has 0 radical (unpaired) electrons. The summed E-state index contributed by atoms with van der Waals surface area (Å²) in [5.41, 5.74) is 0.243. The van der Waals surface area contributed by atoms with E-state index in [1.54, 1.807) is 6.92 Å². The summed E-state index contributed by atoms with van der Waals surface area (Å²) in [5.74, 6) is 0.00149. The van der Waals surface area contributed by atoms with Gasteiger partial charge in [-0.05, 0) is 45.2 Å². The van der Waals surface area contributed by atoms with Gasteiger partial charge in [0.1, 0.15) is 6.10 Å². The number of hydrogen-bond donors (Lipinski definition) is 2. The van der Waals surface area contributed by atoms with Crippen LogP contribution < -0.4 is 10.6 Å². The molecule has 1 saturated heterocycles. The van der Waals surface area contributed by atoms with Crippen LogP contribution in [0.1, 0.15) is 33.6 Å². The highest BCUT2D eigenvalue weighted by Gasteiger charge is 2.27. The molecule has 102 valence electrons. The number of carbonyl (C=O) groups is 1. The molecule has 0 saturated carbocycles. The number of nitrogens with one attached hydrogen (secondary N) is 2. The Kier molecular flexibility index (Phi) is 7.75. The first-order valence-electron chi connectivity index (χ1n) is 6.17. The molecule has 1 aliphatic heterocycles. The van der Waals surface area contributed by atoms with Gasteiger partial charge in [0.25, 0.3) is 0 Å². The molecule has 17 heavy (non-hydrogen) atoms. The molecule has 0 bridgehead atoms. The van der Waals surface area contributed by atoms with E-state index in [4.69, 9.17) is 4.74 Å². The highest BCUT2D eigenvalue weighted by atomic mass is 35.5. The predicted octanol–water partition coefficient (Wildman–Crippen LogP) is 1.34. The van der Waals surface area contributed by atoms with Gasteiger partial charge in [-0.1, -0.05) is 6.92 Å². The van der Waals surface area contributed by atoms with Crippen LogP contribution in [0.3, 0.4) is 0 Å². The first-order chi connectivity index (χ1) is 7.57. The maximum absolute atomic E-state index is 11.7. The topological polar surface area (TPSA) is 50.4 Å². The van der Waals surface area contributed by atoms with Crippen LogP contribution in [0.25, 0.3) is 0 Å². The van der Waals surface area contributed by atoms with Crippen LogP contribution in [0.5, 0.6) is 0 Å². The molecule has 0 aromatic rings. The third-order valence-corrected chi connectivity index (χ3v) is 3.29. The lowest BCUT2D eigenvalue weighted by Gasteiger charge is -2.34. The van der Waals surface area contributed by atoms with Crippen molar-refractivity contribution in [3.8, 4) is 0 Å². The maximum atomic E-state index is 11.7. The Morgan fingerprint density at radius 2 is 2.06 bits per heavy atom. The maximum Gasteiger partial charge on any atom is 0.248 e. The van der Waals surface area contributed by atoms with Crippen molar-refractivity contribution in [2.24, 2.45) is 5.41 Å². The highest BCUT2D eigenvalue weighted by molar-refractivity contribution is 5.85. The molecule has 5 heteroatoms. The Bertz CT molecular complexity index is 231. The van der Waals surface area contributed by atoms with Gasteiger partial charge in [0, 0.05) is 13.2 Å². The monoisotopic (exact) mass is 264 g/mol. The molecule has 0 aromatic carbocycles. The third kappa shape index (κ3) is 5.70. The van der Waals surface area contributed by atoms with Gasteiger partial charge in [-0.25, -0.2) is 0 Å². The first-order valence-corrected chi connectivity index (χ1v) is 6.17. The van der Waals surface area contributed by atoms with E-state index in [1.165, 1.54) is 0 Å². The summed E-state index contributed by atoms with van der Waals surface area (Å²) >= 11 is 0. The van der Waals surface area contributed by atoms with Gasteiger partial charge < -0.3 is 15.4 Å². The van der Waals surface area contributed by atoms with Crippen molar-refractivity contribution in [2.45, 2.75) is 39.7 Å². The van der Waals surface area contributed by atoms with Gasteiger partial charge in [0.05, 0.1) is 0 Å². The molecule has 1 amide bonds. The molecule has 0 aromatic heterocycles. The molecular weight excluding hydrogens is 240 g/mol. The van der Waals surface area contributed by atoms with Crippen LogP contribution in [-0.4, -0.2) is 38.3 Å². The molecule has 0 spiro atoms. The lowest BCUT2D eigenvalue weighted by molar-refractivity contribution is -0.132. The summed E-state index contributed by atoms with van der Waals surface area (Å²) in [4.78, 5) is 11.7. The molecular formula is C12H25ClN2O2. The van der Waals surface area contributed by atoms with Crippen LogP contribution in [0.2, 0.25) is 0 Å². The normalized spacial score (nSPS) is 20.2. The number of hydrogen-bond acceptors (Lipinski definition) is 3. The summed E-state index contributed by atoms with van der Waals surface area (Å²) in [6.07, 6.45) is 1.90. The number of rotatable bonds is 5. The Hall–Kier alpha value is -0.320. The Balaban J connectivity index is 0.00000256. The average Bonchev–Trinajstić information content (AvgIpc) is 2.27. The van der Waals surface area contributed by atoms with Crippen molar-refractivity contribution in [3.63, 3.8) is 0 Å². The minimum atomic E-state index is -0.338. The molecule has 1 rings (SSSR count). The summed E-state index contributed by atoms with van der Waals surface area (Å²) in [7, 11) is 0. The molecule has 1 fully saturated rings. The second-order valence-corrected chi connectivity index (χ2v) is 4.88. The molecule has 1 aliphatic rings. The molecule has 1 atom stereocenters. The predicted molar refractivity (Wildman–Crippen MR) is 71.6 cm³/mol. The standard InChI is InChI=1S/C12H24N2O2.ClH/c1-4-16-10(2)11(15)14-9-12(3)5-7-13-8-6-12;/h10,13H,4-9H2,1-3H3,(H,14,15);1H. The minimum Gasteiger partial charge on any atom is -0.369 e. The van der Waals surface area contributed by atoms with Crippen molar-refractivity contribution < 1.29 is 9.53 Å². The highest BCUT2D eigenvalue weighted by Crippen LogP contribution is 2.26. The number of amides is 1. The number of piperidine rings is 1. The van der Waals surface area contributed by atoms with Crippen molar-refractivity contribution in [1.82, 2.24) is 10.6 Å². The second-order valence-electron chi connectivity index (χ2n) is 4.88. The van der Waals surface area contributed by atoms with Crippen LogP contribution in [-0.2, 0) is 9.53 Å². The lowest BCUT2D eigenvalue weighted by atomic mass is 9.81. The minimum absolute atomic E-state index is 0. The molecule has 1 heterocycles. The summed E-state index contributed by atoms with van der Waals surface area (Å²) in [6, 6.07) is 0. The van der Waals surface area contributed by atoms with E-state index in [0.29, 0.717) is 6.61 Å². The number of carbonyl (C=O) groups excluding carboxylic acids is 1. The fourth-order valence-corrected chi connectivity index (χ4v) is 1.98. The fraction of sp³-hybridized carbons (Fsp3) is 0.917. The molecule has 0 aliphatic carbocycles. The van der Waals surface area contributed by atoms with Gasteiger partial charge in [-0.15, -0.1) is 12.4 Å². The van der Waals surface area contributed by atoms with Crippen molar-refractivity contribution >= 4 is 18.3 Å². The Morgan fingerprint density at radius 1 is 1.47 bits per heavy atom. The van der Waals surface area contributed by atoms with Crippen LogP contribution in [0.4, 0.5) is 0 Å². The van der Waals surface area contributed by atoms with Gasteiger partial charge in [0.2, 0.25) is 5.91 Å². The second kappa shape index (κ2) is 7.90. The Labute approximate surface area is 110 Å². The summed E-state index contributed by atoms with van der Waals surface area (Å²) in [6.45, 7) is 9.36. The van der Waals surface area contributed by atoms with E-state index in [1.807, 2.05) is 6.92 Å². The largest absolute Gasteiger partial charge is 0.369 e. The van der Waals surface area contributed by atoms with E-state index >= 15 is 0 Å². The van der Waals surface area contributed by atoms with Crippen LogP contribution in [0, 0.1) is 5.41 Å². The Morgan fingerprint density at radius 3 is 2.59 bits per heavy atom. The summed E-state index contributed by atoms with van der Waals surface area (Å²) in [5, 5.41) is 6.32. The number of halogens is 1. The van der Waals surface area contributed by atoms with Crippen LogP contribution in [0.15, 0.2) is 0 Å². The van der Waals surface area contributed by atoms with E-state index < -0.39 is 0 Å². The zero-order valence-corrected chi connectivity index (χ0v) is 11.9. The third-order valence-electron chi connectivity index (χ3n) is 3.29. The quantitative estimate of drug-likeness (QED) is 0.788. The van der Waals surface area contributed by atoms with Gasteiger partial charge in [-0.3, -0.25) is 4.79 Å². The lowest BCUT2D eigenvalue weighted by Crippen LogP contribution is -2.45. The average molecular weight is 265 g/mol. The molecule has 2 N–H and O–H groups in total. The molecule has 1 unspecified atom stereocenters. The van der Waals surface area contributed by atoms with Gasteiger partial charge in [0.15, 0.2) is 0 Å². The van der Waals surface area contributed by atoms with Crippen LogP contribution >= 0.6 is 12.4 Å². The fourth-order valence-electron chi connectivity index (χ4n) is 1.98.